The molecule has 60 heavy (non-hydrogen) atoms. The van der Waals surface area contributed by atoms with Crippen molar-refractivity contribution in [2.75, 3.05) is 6.61 Å². The van der Waals surface area contributed by atoms with Crippen molar-refractivity contribution in [2.45, 2.75) is 160 Å². The van der Waals surface area contributed by atoms with Gasteiger partial charge in [-0.25, -0.2) is 0 Å². The summed E-state index contributed by atoms with van der Waals surface area (Å²) in [6.45, 7) is 9.86. The van der Waals surface area contributed by atoms with Crippen LogP contribution in [0.4, 0.5) is 0 Å². The van der Waals surface area contributed by atoms with E-state index >= 15 is 0 Å². The molecule has 336 valence electrons. The Balaban J connectivity index is 0.000000131. The van der Waals surface area contributed by atoms with Crippen molar-refractivity contribution in [3.8, 4) is 0 Å². The normalized spacial score (nSPS) is 59.4. The standard InChI is InChI=1S/C24H38O4.C24H30O3.4HI.V/c1-21-7-4-13(26)12-24(21,28)17-10-14(17)19-16(21)5-8-22(2)20(19)15-11-18(15)23(22,27)6-3-9-25;1-22-6-3-12(25)9-17(22)13-10-14(13)20-16(22)4-7-23(2)21(20)15-11-18(15)24(23)8-5-19(26)27-24;;;;;/h13-20,25-28H,3-12H2,1-2H3;9,13-16,18,20-21H,3-8,10-11H2,1-2H3;4*1H;/q;;;;;;+3/p-3/t13-,14-,15+,16?,17+,18-,19?,20?,21+,22-,23-,24+;13-,14+,15-,16?,18+,20?,21?,22-,23+,24+;;;;;/m01...../s1. The molecule has 1 aliphatic heterocycles. The van der Waals surface area contributed by atoms with Crippen LogP contribution in [0.5, 0.6) is 0 Å². The monoisotopic (exact) mass is 1320 g/mol. The van der Waals surface area contributed by atoms with Crippen LogP contribution in [0.25, 0.3) is 0 Å². The van der Waals surface area contributed by atoms with Gasteiger partial charge < -0.3 is 25.2 Å². The predicted octanol–water partition coefficient (Wildman–Crippen LogP) is 10.3. The molecule has 13 aliphatic rings. The van der Waals surface area contributed by atoms with Gasteiger partial charge in [0, 0.05) is 37.2 Å². The molecule has 0 radical (unpaired) electrons. The van der Waals surface area contributed by atoms with E-state index in [4.69, 9.17) is 4.74 Å². The number of hydrogen-bond donors (Lipinski definition) is 4. The second-order valence-electron chi connectivity index (χ2n) is 23.9. The summed E-state index contributed by atoms with van der Waals surface area (Å²) >= 11 is 7.39. The average molecular weight is 1320 g/mol. The van der Waals surface area contributed by atoms with Crippen LogP contribution in [0.3, 0.4) is 0 Å². The Morgan fingerprint density at radius 2 is 1.35 bits per heavy atom. The number of fused-ring (bicyclic) bond motifs is 22. The molecular formula is C48H69I4O7V. The van der Waals surface area contributed by atoms with Crippen LogP contribution in [0, 0.1) is 105 Å². The zero-order valence-electron chi connectivity index (χ0n) is 36.0. The van der Waals surface area contributed by atoms with Crippen LogP contribution >= 0.6 is 83.9 Å². The molecule has 1 spiro atoms. The van der Waals surface area contributed by atoms with Gasteiger partial charge >= 0.3 is 70.8 Å². The number of esters is 1. The van der Waals surface area contributed by atoms with Crippen molar-refractivity contribution < 1.29 is 39.7 Å². The Morgan fingerprint density at radius 3 is 2.05 bits per heavy atom. The molecule has 12 fully saturated rings. The molecule has 22 atom stereocenters. The Bertz CT molecular complexity index is 1850. The SMILES string of the molecule is C[C@]12CCC(=O)C=C1[C@@H]1C[C@@H]1C1C2CC[C@@]2(C)C1[C@@H]1C[C@@H]1[C@@]21CCC(=O)O1.C[C@]12CCC3C(C1[C@@H]1C[C@@H]1[C@@]2(O)CCCO)[C@H]1C[C@H]1[C@]1(O)C[C@@H](O)CC[C@]31C.I.[I][V]([I])[I]. The first-order valence-corrected chi connectivity index (χ1v) is 37.3. The molecule has 13 rings (SSSR count). The number of aliphatic hydroxyl groups excluding tert-OH is 2. The van der Waals surface area contributed by atoms with Gasteiger partial charge in [-0.05, 0) is 189 Å². The van der Waals surface area contributed by atoms with Crippen molar-refractivity contribution in [1.29, 1.82) is 0 Å². The second kappa shape index (κ2) is 15.1. The molecule has 0 aromatic rings. The summed E-state index contributed by atoms with van der Waals surface area (Å²) in [5.74, 6) is 9.47. The molecule has 0 amide bonds. The number of ketones is 1. The van der Waals surface area contributed by atoms with Crippen LogP contribution in [-0.4, -0.2) is 61.7 Å². The number of carbonyl (C=O) groups is 2. The molecule has 6 unspecified atom stereocenters. The maximum absolute atomic E-state index is 12.2. The van der Waals surface area contributed by atoms with Gasteiger partial charge in [-0.15, -0.1) is 24.0 Å². The van der Waals surface area contributed by atoms with E-state index in [0.717, 1.165) is 87.4 Å². The van der Waals surface area contributed by atoms with Crippen LogP contribution in [0.1, 0.15) is 137 Å². The Labute approximate surface area is 413 Å². The third kappa shape index (κ3) is 6.09. The summed E-state index contributed by atoms with van der Waals surface area (Å²) in [5, 5.41) is 43.4. The predicted molar refractivity (Wildman–Crippen MR) is 262 cm³/mol. The molecular weight excluding hydrogens is 1250 g/mol. The quantitative estimate of drug-likeness (QED) is 0.164. The molecule has 0 aromatic heterocycles. The summed E-state index contributed by atoms with van der Waals surface area (Å²) in [4.78, 5) is 24.0. The molecule has 11 saturated carbocycles. The number of aliphatic hydroxyl groups is 4. The summed E-state index contributed by atoms with van der Waals surface area (Å²) in [7, 11) is 0. The minimum absolute atomic E-state index is 0. The van der Waals surface area contributed by atoms with E-state index in [2.05, 4.69) is 93.7 Å². The molecule has 1 heterocycles. The van der Waals surface area contributed by atoms with Gasteiger partial charge in [-0.2, -0.15) is 0 Å². The Morgan fingerprint density at radius 1 is 0.733 bits per heavy atom. The van der Waals surface area contributed by atoms with E-state index in [1.165, 1.54) is 37.7 Å². The number of halogens is 4. The Kier molecular flexibility index (Phi) is 11.6. The second-order valence-corrected chi connectivity index (χ2v) is 59.3. The summed E-state index contributed by atoms with van der Waals surface area (Å²) in [5.41, 5.74) is 0.468. The van der Waals surface area contributed by atoms with E-state index in [1.807, 2.05) is 0 Å². The van der Waals surface area contributed by atoms with Crippen LogP contribution in [-0.2, 0) is 19.2 Å². The molecule has 4 N–H and O–H groups in total. The van der Waals surface area contributed by atoms with Crippen molar-refractivity contribution in [2.24, 2.45) is 105 Å². The molecule has 0 aromatic carbocycles. The third-order valence-corrected chi connectivity index (χ3v) is 22.4. The zero-order chi connectivity index (χ0) is 41.6. The first-order valence-electron chi connectivity index (χ1n) is 23.8. The fraction of sp³-hybridized carbons (Fsp3) is 0.917. The van der Waals surface area contributed by atoms with Gasteiger partial charge in [0.2, 0.25) is 0 Å². The fourth-order valence-corrected chi connectivity index (χ4v) is 19.9. The van der Waals surface area contributed by atoms with Crippen molar-refractivity contribution in [3.05, 3.63) is 11.6 Å². The number of carbonyl (C=O) groups excluding carboxylic acids is 2. The van der Waals surface area contributed by atoms with Crippen molar-refractivity contribution in [3.63, 3.8) is 0 Å². The van der Waals surface area contributed by atoms with Gasteiger partial charge in [0.25, 0.3) is 0 Å². The van der Waals surface area contributed by atoms with E-state index in [1.54, 1.807) is 0 Å². The third-order valence-electron chi connectivity index (χ3n) is 22.4. The molecule has 7 nitrogen and oxygen atoms in total. The number of allylic oxidation sites excluding steroid dienone is 1. The number of rotatable bonds is 3. The van der Waals surface area contributed by atoms with Gasteiger partial charge in [0.15, 0.2) is 5.78 Å². The van der Waals surface area contributed by atoms with Crippen molar-refractivity contribution in [1.82, 2.24) is 0 Å². The van der Waals surface area contributed by atoms with Gasteiger partial charge in [0.05, 0.1) is 17.3 Å². The molecule has 12 heteroatoms. The van der Waals surface area contributed by atoms with E-state index < -0.39 is 11.2 Å². The first-order chi connectivity index (χ1) is 27.8. The van der Waals surface area contributed by atoms with Gasteiger partial charge in [-0.3, -0.25) is 9.59 Å². The van der Waals surface area contributed by atoms with Crippen LogP contribution < -0.4 is 0 Å². The van der Waals surface area contributed by atoms with E-state index in [0.29, 0.717) is 78.3 Å². The Hall–Kier alpha value is 2.22. The topological polar surface area (TPSA) is 124 Å². The molecule has 1 saturated heterocycles. The first kappa shape index (κ1) is 46.0. The van der Waals surface area contributed by atoms with E-state index in [-0.39, 0.29) is 74.8 Å². The van der Waals surface area contributed by atoms with Crippen LogP contribution in [0.15, 0.2) is 11.6 Å². The fourth-order valence-electron chi connectivity index (χ4n) is 19.9. The minimum atomic E-state index is -0.682. The van der Waals surface area contributed by atoms with Crippen molar-refractivity contribution >= 4 is 95.7 Å². The average Bonchev–Trinajstić information content (AvgIpc) is 4.01. The van der Waals surface area contributed by atoms with Gasteiger partial charge in [0.1, 0.15) is 5.60 Å². The summed E-state index contributed by atoms with van der Waals surface area (Å²) < 4.78 is 6.22. The molecule has 0 bridgehead atoms. The number of ether oxygens (including phenoxy) is 1. The number of hydrogen-bond acceptors (Lipinski definition) is 7. The maximum atomic E-state index is 12.2. The molecule has 12 aliphatic carbocycles. The van der Waals surface area contributed by atoms with Gasteiger partial charge in [-0.1, -0.05) is 33.3 Å². The van der Waals surface area contributed by atoms with Crippen LogP contribution in [0.2, 0.25) is 0 Å². The zero-order valence-corrected chi connectivity index (χ0v) is 46.2. The summed E-state index contributed by atoms with van der Waals surface area (Å²) in [6.07, 6.45) is 18.5. The van der Waals surface area contributed by atoms with E-state index in [9.17, 15) is 30.0 Å². The summed E-state index contributed by atoms with van der Waals surface area (Å²) in [6, 6.07) is 0.